The molecule has 0 aliphatic heterocycles. The van der Waals surface area contributed by atoms with Crippen LogP contribution in [0.4, 0.5) is 11.5 Å². The highest BCUT2D eigenvalue weighted by atomic mass is 16.6. The summed E-state index contributed by atoms with van der Waals surface area (Å²) >= 11 is 0. The minimum Gasteiger partial charge on any atom is -0.378 e. The molecule has 0 radical (unpaired) electrons. The molecule has 26 heavy (non-hydrogen) atoms. The number of aromatic nitrogens is 5. The van der Waals surface area contributed by atoms with Crippen molar-refractivity contribution in [2.24, 2.45) is 5.10 Å². The molecule has 134 valence electrons. The van der Waals surface area contributed by atoms with Gasteiger partial charge in [0.25, 0.3) is 5.91 Å². The molecular weight excluding hydrogens is 338 g/mol. The Balaban J connectivity index is 1.69. The molecule has 3 N–H and O–H groups in total. The number of benzene rings is 1. The van der Waals surface area contributed by atoms with Crippen LogP contribution in [0, 0.1) is 6.92 Å². The molecule has 3 rings (SSSR count). The Kier molecular flexibility index (Phi) is 4.60. The lowest BCUT2D eigenvalue weighted by Gasteiger charge is -2.11. The summed E-state index contributed by atoms with van der Waals surface area (Å²) in [6.07, 6.45) is 1.54. The highest BCUT2D eigenvalue weighted by Gasteiger charge is 2.20. The summed E-state index contributed by atoms with van der Waals surface area (Å²) in [5.41, 5.74) is 10.5. The molecule has 1 aromatic carbocycles. The number of nitrogens with two attached hydrogens (primary N) is 1. The van der Waals surface area contributed by atoms with Crippen molar-refractivity contribution in [3.63, 3.8) is 0 Å². The fourth-order valence-corrected chi connectivity index (χ4v) is 2.15. The summed E-state index contributed by atoms with van der Waals surface area (Å²) in [6, 6.07) is 7.70. The van der Waals surface area contributed by atoms with Crippen LogP contribution in [-0.4, -0.2) is 51.5 Å². The van der Waals surface area contributed by atoms with Crippen molar-refractivity contribution in [2.45, 2.75) is 6.92 Å². The molecule has 0 saturated heterocycles. The topological polar surface area (TPSA) is 140 Å². The number of hydrogen-bond acceptors (Lipinski definition) is 9. The minimum absolute atomic E-state index is 0.0455. The number of hydrazone groups is 1. The van der Waals surface area contributed by atoms with Crippen LogP contribution in [0.5, 0.6) is 0 Å². The van der Waals surface area contributed by atoms with Gasteiger partial charge in [-0.05, 0) is 34.9 Å². The quantitative estimate of drug-likeness (QED) is 0.494. The van der Waals surface area contributed by atoms with E-state index in [1.807, 2.05) is 43.3 Å². The molecule has 2 aromatic heterocycles. The Labute approximate surface area is 148 Å². The second-order valence-electron chi connectivity index (χ2n) is 5.59. The van der Waals surface area contributed by atoms with Crippen LogP contribution < -0.4 is 16.1 Å². The fourth-order valence-electron chi connectivity index (χ4n) is 2.15. The van der Waals surface area contributed by atoms with Crippen LogP contribution in [-0.2, 0) is 0 Å². The summed E-state index contributed by atoms with van der Waals surface area (Å²) in [4.78, 5) is 14.2. The number of nitrogen functional groups attached to an aromatic ring is 1. The second-order valence-corrected chi connectivity index (χ2v) is 5.59. The van der Waals surface area contributed by atoms with Crippen molar-refractivity contribution in [1.29, 1.82) is 0 Å². The SMILES string of the molecule is Cc1c(C(=O)N/N=C/c2ccc(N(C)C)cc2)nnn1-c1nonc1N. The van der Waals surface area contributed by atoms with E-state index < -0.39 is 5.91 Å². The number of hydrogen-bond donors (Lipinski definition) is 2. The van der Waals surface area contributed by atoms with Gasteiger partial charge in [0.15, 0.2) is 5.69 Å². The maximum Gasteiger partial charge on any atom is 0.293 e. The lowest BCUT2D eigenvalue weighted by molar-refractivity contribution is 0.0949. The van der Waals surface area contributed by atoms with E-state index in [9.17, 15) is 4.79 Å². The van der Waals surface area contributed by atoms with Crippen LogP contribution in [0.2, 0.25) is 0 Å². The molecule has 0 saturated carbocycles. The first-order valence-electron chi connectivity index (χ1n) is 7.59. The first kappa shape index (κ1) is 17.1. The predicted molar refractivity (Wildman–Crippen MR) is 94.2 cm³/mol. The van der Waals surface area contributed by atoms with E-state index in [0.717, 1.165) is 11.3 Å². The third-order valence-corrected chi connectivity index (χ3v) is 3.60. The molecule has 0 atom stereocenters. The van der Waals surface area contributed by atoms with E-state index in [-0.39, 0.29) is 17.3 Å². The lowest BCUT2D eigenvalue weighted by Crippen LogP contribution is -2.19. The highest BCUT2D eigenvalue weighted by Crippen LogP contribution is 2.14. The molecule has 0 spiro atoms. The summed E-state index contributed by atoms with van der Waals surface area (Å²) in [5, 5.41) is 18.7. The van der Waals surface area contributed by atoms with Crippen LogP contribution in [0.3, 0.4) is 0 Å². The number of nitrogens with one attached hydrogen (secondary N) is 1. The molecule has 0 fully saturated rings. The molecule has 0 unspecified atom stereocenters. The maximum atomic E-state index is 12.2. The van der Waals surface area contributed by atoms with Gasteiger partial charge in [-0.1, -0.05) is 17.3 Å². The maximum absolute atomic E-state index is 12.2. The Hall–Kier alpha value is -3.76. The number of amides is 1. The molecule has 0 aliphatic rings. The van der Waals surface area contributed by atoms with Gasteiger partial charge in [0.05, 0.1) is 11.9 Å². The zero-order chi connectivity index (χ0) is 18.7. The number of carbonyl (C=O) groups excluding carboxylic acids is 1. The summed E-state index contributed by atoms with van der Waals surface area (Å²) in [5.74, 6) is -0.298. The van der Waals surface area contributed by atoms with E-state index in [1.54, 1.807) is 6.92 Å². The third kappa shape index (κ3) is 3.36. The summed E-state index contributed by atoms with van der Waals surface area (Å²) in [7, 11) is 3.92. The number of nitrogens with zero attached hydrogens (tertiary/aromatic N) is 7. The lowest BCUT2D eigenvalue weighted by atomic mass is 10.2. The van der Waals surface area contributed by atoms with Gasteiger partial charge in [0, 0.05) is 19.8 Å². The highest BCUT2D eigenvalue weighted by molar-refractivity contribution is 5.94. The second kappa shape index (κ2) is 7.01. The zero-order valence-electron chi connectivity index (χ0n) is 14.4. The van der Waals surface area contributed by atoms with Gasteiger partial charge in [-0.15, -0.1) is 5.10 Å². The monoisotopic (exact) mass is 355 g/mol. The van der Waals surface area contributed by atoms with Crippen molar-refractivity contribution in [1.82, 2.24) is 30.7 Å². The van der Waals surface area contributed by atoms with Gasteiger partial charge in [-0.25, -0.2) is 10.1 Å². The molecule has 11 nitrogen and oxygen atoms in total. The predicted octanol–water partition coefficient (Wildman–Crippen LogP) is 0.371. The number of rotatable bonds is 5. The first-order valence-corrected chi connectivity index (χ1v) is 7.59. The summed E-state index contributed by atoms with van der Waals surface area (Å²) < 4.78 is 5.79. The standard InChI is InChI=1S/C15H17N9O2/c1-9-12(18-22-24(9)14-13(16)20-26-21-14)15(25)19-17-8-10-4-6-11(7-5-10)23(2)3/h4-8H,1-3H3,(H2,16,20)(H,19,25)/b17-8+. The largest absolute Gasteiger partial charge is 0.378 e. The van der Waals surface area contributed by atoms with Gasteiger partial charge in [0.1, 0.15) is 0 Å². The zero-order valence-corrected chi connectivity index (χ0v) is 14.4. The Morgan fingerprint density at radius 2 is 2.04 bits per heavy atom. The molecular formula is C15H17N9O2. The summed E-state index contributed by atoms with van der Waals surface area (Å²) in [6.45, 7) is 1.65. The van der Waals surface area contributed by atoms with Crippen molar-refractivity contribution in [3.05, 3.63) is 41.2 Å². The molecule has 3 aromatic rings. The van der Waals surface area contributed by atoms with Crippen molar-refractivity contribution >= 4 is 23.6 Å². The van der Waals surface area contributed by atoms with Crippen LogP contribution in [0.15, 0.2) is 34.0 Å². The van der Waals surface area contributed by atoms with Gasteiger partial charge < -0.3 is 10.6 Å². The molecule has 2 heterocycles. The number of carbonyl (C=O) groups is 1. The van der Waals surface area contributed by atoms with Crippen LogP contribution in [0.1, 0.15) is 21.7 Å². The minimum atomic E-state index is -0.509. The van der Waals surface area contributed by atoms with Gasteiger partial charge in [-0.3, -0.25) is 4.79 Å². The van der Waals surface area contributed by atoms with Gasteiger partial charge >= 0.3 is 0 Å². The van der Waals surface area contributed by atoms with E-state index in [2.05, 4.69) is 35.8 Å². The molecule has 11 heteroatoms. The Bertz CT molecular complexity index is 940. The average Bonchev–Trinajstić information content (AvgIpc) is 3.20. The van der Waals surface area contributed by atoms with E-state index >= 15 is 0 Å². The average molecular weight is 355 g/mol. The van der Waals surface area contributed by atoms with Crippen molar-refractivity contribution in [2.75, 3.05) is 24.7 Å². The number of anilines is 2. The smallest absolute Gasteiger partial charge is 0.293 e. The van der Waals surface area contributed by atoms with Crippen LogP contribution >= 0.6 is 0 Å². The van der Waals surface area contributed by atoms with Crippen molar-refractivity contribution in [3.8, 4) is 5.82 Å². The van der Waals surface area contributed by atoms with E-state index in [4.69, 9.17) is 5.73 Å². The first-order chi connectivity index (χ1) is 12.5. The van der Waals surface area contributed by atoms with Crippen molar-refractivity contribution < 1.29 is 9.42 Å². The van der Waals surface area contributed by atoms with Crippen LogP contribution in [0.25, 0.3) is 5.82 Å². The Morgan fingerprint density at radius 1 is 1.31 bits per heavy atom. The van der Waals surface area contributed by atoms with Gasteiger partial charge in [0.2, 0.25) is 11.6 Å². The third-order valence-electron chi connectivity index (χ3n) is 3.60. The van der Waals surface area contributed by atoms with Gasteiger partial charge in [-0.2, -0.15) is 9.78 Å². The van der Waals surface area contributed by atoms with E-state index in [1.165, 1.54) is 10.9 Å². The molecule has 0 bridgehead atoms. The van der Waals surface area contributed by atoms with E-state index in [0.29, 0.717) is 5.69 Å². The normalized spacial score (nSPS) is 11.0. The molecule has 0 aliphatic carbocycles. The molecule has 1 amide bonds. The Morgan fingerprint density at radius 3 is 2.65 bits per heavy atom. The fraction of sp³-hybridized carbons (Fsp3) is 0.200.